The largest absolute Gasteiger partial charge is 0.494 e. The Hall–Kier alpha value is -2.94. The van der Waals surface area contributed by atoms with Gasteiger partial charge in [0.2, 0.25) is 10.1 Å². The molecule has 0 atom stereocenters. The summed E-state index contributed by atoms with van der Waals surface area (Å²) in [6.45, 7) is 7.27. The Morgan fingerprint density at radius 1 is 1.25 bits per heavy atom. The Kier molecular flexibility index (Phi) is 7.04. The Labute approximate surface area is 191 Å². The first-order chi connectivity index (χ1) is 15.5. The third kappa shape index (κ3) is 5.27. The van der Waals surface area contributed by atoms with Gasteiger partial charge in [-0.1, -0.05) is 43.7 Å². The van der Waals surface area contributed by atoms with E-state index >= 15 is 0 Å². The van der Waals surface area contributed by atoms with Crippen LogP contribution in [0.3, 0.4) is 0 Å². The lowest BCUT2D eigenvalue weighted by Gasteiger charge is -2.29. The number of carbonyl (C=O) groups excluding carboxylic acids is 1. The number of carbonyl (C=O) groups is 1. The van der Waals surface area contributed by atoms with E-state index in [-0.39, 0.29) is 11.6 Å². The summed E-state index contributed by atoms with van der Waals surface area (Å²) in [5, 5.41) is 8.29. The standard InChI is InChI=1S/C23H29N5O3S/c1-3-4-13-31-18-7-5-17(6-8-18)15-24-21(30)19-14-20(29)25-22-28(19)26-23(32-22)27-11-9-16(2)10-12-27/h5-8,14,16H,3-4,9-13,15H2,1-2H3,(H,24,30). The molecular formula is C23H29N5O3S. The van der Waals surface area contributed by atoms with E-state index in [1.165, 1.54) is 21.9 Å². The van der Waals surface area contributed by atoms with Crippen molar-refractivity contribution in [2.24, 2.45) is 5.92 Å². The minimum Gasteiger partial charge on any atom is -0.494 e. The summed E-state index contributed by atoms with van der Waals surface area (Å²) in [5.41, 5.74) is 0.707. The number of hydrogen-bond acceptors (Lipinski definition) is 7. The fourth-order valence-electron chi connectivity index (χ4n) is 3.61. The van der Waals surface area contributed by atoms with E-state index in [0.717, 1.165) is 55.2 Å². The maximum absolute atomic E-state index is 12.9. The number of piperidine rings is 1. The first-order valence-corrected chi connectivity index (χ1v) is 12.0. The maximum Gasteiger partial charge on any atom is 0.274 e. The van der Waals surface area contributed by atoms with E-state index in [9.17, 15) is 9.59 Å². The van der Waals surface area contributed by atoms with Crippen LogP contribution in [0.1, 0.15) is 55.6 Å². The summed E-state index contributed by atoms with van der Waals surface area (Å²) in [5.74, 6) is 1.17. The Balaban J connectivity index is 1.45. The molecule has 32 heavy (non-hydrogen) atoms. The third-order valence-corrected chi connectivity index (χ3v) is 6.64. The molecule has 1 amide bonds. The number of hydrogen-bond donors (Lipinski definition) is 1. The first kappa shape index (κ1) is 22.3. The van der Waals surface area contributed by atoms with E-state index < -0.39 is 5.56 Å². The monoisotopic (exact) mass is 455 g/mol. The zero-order valence-electron chi connectivity index (χ0n) is 18.5. The van der Waals surface area contributed by atoms with Crippen LogP contribution < -0.4 is 20.5 Å². The van der Waals surface area contributed by atoms with Crippen molar-refractivity contribution in [3.05, 3.63) is 51.9 Å². The average Bonchev–Trinajstić information content (AvgIpc) is 3.22. The second kappa shape index (κ2) is 10.1. The molecule has 1 fully saturated rings. The van der Waals surface area contributed by atoms with Gasteiger partial charge in [0, 0.05) is 25.7 Å². The smallest absolute Gasteiger partial charge is 0.274 e. The molecule has 8 nitrogen and oxygen atoms in total. The predicted molar refractivity (Wildman–Crippen MR) is 126 cm³/mol. The van der Waals surface area contributed by atoms with Crippen LogP contribution in [0.15, 0.2) is 35.1 Å². The number of benzene rings is 1. The van der Waals surface area contributed by atoms with Crippen molar-refractivity contribution >= 4 is 27.3 Å². The number of ether oxygens (including phenoxy) is 1. The zero-order chi connectivity index (χ0) is 22.5. The molecule has 3 aromatic rings. The molecule has 1 aromatic carbocycles. The summed E-state index contributed by atoms with van der Waals surface area (Å²) in [6.07, 6.45) is 4.33. The van der Waals surface area contributed by atoms with Crippen LogP contribution in [0.4, 0.5) is 5.13 Å². The number of rotatable bonds is 8. The molecular weight excluding hydrogens is 426 g/mol. The van der Waals surface area contributed by atoms with E-state index in [1.54, 1.807) is 0 Å². The number of fused-ring (bicyclic) bond motifs is 1. The maximum atomic E-state index is 12.9. The molecule has 1 N–H and O–H groups in total. The molecule has 9 heteroatoms. The summed E-state index contributed by atoms with van der Waals surface area (Å²) < 4.78 is 7.16. The number of aromatic nitrogens is 3. The number of unbranched alkanes of at least 4 members (excludes halogenated alkanes) is 1. The normalized spacial score (nSPS) is 14.6. The van der Waals surface area contributed by atoms with Gasteiger partial charge in [-0.3, -0.25) is 9.59 Å². The van der Waals surface area contributed by atoms with Crippen molar-refractivity contribution in [2.75, 3.05) is 24.6 Å². The summed E-state index contributed by atoms with van der Waals surface area (Å²) in [6, 6.07) is 8.90. The minimum absolute atomic E-state index is 0.201. The molecule has 170 valence electrons. The highest BCUT2D eigenvalue weighted by molar-refractivity contribution is 7.20. The van der Waals surface area contributed by atoms with Gasteiger partial charge in [0.05, 0.1) is 6.61 Å². The lowest BCUT2D eigenvalue weighted by molar-refractivity contribution is 0.0943. The van der Waals surface area contributed by atoms with Crippen LogP contribution in [0, 0.1) is 5.92 Å². The van der Waals surface area contributed by atoms with Gasteiger partial charge in [0.1, 0.15) is 11.4 Å². The lowest BCUT2D eigenvalue weighted by Crippen LogP contribution is -2.32. The molecule has 0 radical (unpaired) electrons. The zero-order valence-corrected chi connectivity index (χ0v) is 19.4. The quantitative estimate of drug-likeness (QED) is 0.523. The SMILES string of the molecule is CCCCOc1ccc(CNC(=O)c2cc(=O)nc3sc(N4CCC(C)CC4)nn23)cc1. The number of nitrogens with one attached hydrogen (secondary N) is 1. The predicted octanol–water partition coefficient (Wildman–Crippen LogP) is 3.50. The van der Waals surface area contributed by atoms with Crippen molar-refractivity contribution in [3.63, 3.8) is 0 Å². The highest BCUT2D eigenvalue weighted by Crippen LogP contribution is 2.27. The van der Waals surface area contributed by atoms with Crippen molar-refractivity contribution in [1.29, 1.82) is 0 Å². The van der Waals surface area contributed by atoms with Crippen molar-refractivity contribution in [1.82, 2.24) is 19.9 Å². The fraction of sp³-hybridized carbons (Fsp3) is 0.478. The fourth-order valence-corrected chi connectivity index (χ4v) is 4.56. The summed E-state index contributed by atoms with van der Waals surface area (Å²) in [7, 11) is 0. The Morgan fingerprint density at radius 3 is 2.72 bits per heavy atom. The van der Waals surface area contributed by atoms with E-state index in [2.05, 4.69) is 34.1 Å². The van der Waals surface area contributed by atoms with Crippen LogP contribution in [0.25, 0.3) is 4.96 Å². The van der Waals surface area contributed by atoms with Gasteiger partial charge in [-0.15, -0.1) is 5.10 Å². The second-order valence-electron chi connectivity index (χ2n) is 8.26. The molecule has 2 aromatic heterocycles. The highest BCUT2D eigenvalue weighted by Gasteiger charge is 2.21. The molecule has 0 spiro atoms. The topological polar surface area (TPSA) is 88.8 Å². The van der Waals surface area contributed by atoms with Crippen LogP contribution >= 0.6 is 11.3 Å². The van der Waals surface area contributed by atoms with Gasteiger partial charge in [-0.25, -0.2) is 0 Å². The Bertz CT molecular complexity index is 1120. The number of anilines is 1. The molecule has 1 aliphatic rings. The van der Waals surface area contributed by atoms with Gasteiger partial charge in [-0.05, 0) is 42.9 Å². The van der Waals surface area contributed by atoms with E-state index in [4.69, 9.17) is 4.74 Å². The number of amides is 1. The van der Waals surface area contributed by atoms with Gasteiger partial charge in [-0.2, -0.15) is 9.50 Å². The summed E-state index contributed by atoms with van der Waals surface area (Å²) >= 11 is 1.35. The molecule has 1 aliphatic heterocycles. The van der Waals surface area contributed by atoms with Gasteiger partial charge >= 0.3 is 0 Å². The average molecular weight is 456 g/mol. The second-order valence-corrected chi connectivity index (χ2v) is 9.19. The molecule has 0 saturated carbocycles. The van der Waals surface area contributed by atoms with E-state index in [1.807, 2.05) is 24.3 Å². The summed E-state index contributed by atoms with van der Waals surface area (Å²) in [4.78, 5) is 31.7. The van der Waals surface area contributed by atoms with Gasteiger partial charge in [0.25, 0.3) is 11.5 Å². The van der Waals surface area contributed by atoms with Crippen LogP contribution in [-0.4, -0.2) is 40.2 Å². The highest BCUT2D eigenvalue weighted by atomic mass is 32.1. The molecule has 3 heterocycles. The van der Waals surface area contributed by atoms with Crippen LogP contribution in [0.2, 0.25) is 0 Å². The molecule has 0 bridgehead atoms. The van der Waals surface area contributed by atoms with Gasteiger partial charge in [0.15, 0.2) is 0 Å². The minimum atomic E-state index is -0.439. The van der Waals surface area contributed by atoms with Crippen molar-refractivity contribution < 1.29 is 9.53 Å². The third-order valence-electron chi connectivity index (χ3n) is 5.67. The van der Waals surface area contributed by atoms with E-state index in [0.29, 0.717) is 24.0 Å². The Morgan fingerprint density at radius 2 is 2.00 bits per heavy atom. The molecule has 1 saturated heterocycles. The first-order valence-electron chi connectivity index (χ1n) is 11.2. The van der Waals surface area contributed by atoms with Crippen molar-refractivity contribution in [3.8, 4) is 5.75 Å². The van der Waals surface area contributed by atoms with Crippen LogP contribution in [-0.2, 0) is 6.54 Å². The van der Waals surface area contributed by atoms with Crippen molar-refractivity contribution in [2.45, 2.75) is 46.1 Å². The lowest BCUT2D eigenvalue weighted by atomic mass is 10.00. The molecule has 0 aliphatic carbocycles. The van der Waals surface area contributed by atoms with Gasteiger partial charge < -0.3 is 15.0 Å². The number of nitrogens with zero attached hydrogens (tertiary/aromatic N) is 4. The molecule has 0 unspecified atom stereocenters. The molecule has 4 rings (SSSR count). The van der Waals surface area contributed by atoms with Crippen LogP contribution in [0.5, 0.6) is 5.75 Å².